The van der Waals surface area contributed by atoms with E-state index in [-0.39, 0.29) is 18.3 Å². The van der Waals surface area contributed by atoms with Crippen LogP contribution < -0.4 is 5.32 Å². The molecule has 0 radical (unpaired) electrons. The molecule has 1 aliphatic carbocycles. The van der Waals surface area contributed by atoms with E-state index in [1.165, 1.54) is 18.2 Å². The van der Waals surface area contributed by atoms with Crippen molar-refractivity contribution < 1.29 is 14.3 Å². The predicted molar refractivity (Wildman–Crippen MR) is 62.4 cm³/mol. The van der Waals surface area contributed by atoms with Crippen LogP contribution in [0.3, 0.4) is 0 Å². The summed E-state index contributed by atoms with van der Waals surface area (Å²) in [5.74, 6) is -1.04. The molecule has 2 N–H and O–H groups in total. The Labute approximate surface area is 104 Å². The van der Waals surface area contributed by atoms with Gasteiger partial charge in [0.25, 0.3) is 0 Å². The number of hydrogen-bond donors (Lipinski definition) is 2. The summed E-state index contributed by atoms with van der Waals surface area (Å²) in [5.41, 5.74) is 0.582. The molecule has 0 spiro atoms. The highest BCUT2D eigenvalue weighted by Crippen LogP contribution is 2.33. The molecule has 3 nitrogen and oxygen atoms in total. The van der Waals surface area contributed by atoms with E-state index in [9.17, 15) is 9.18 Å². The topological polar surface area (TPSA) is 49.3 Å². The average molecular weight is 258 g/mol. The summed E-state index contributed by atoms with van der Waals surface area (Å²) < 4.78 is 13.0. The number of carboxylic acid groups (broad SMARTS) is 1. The Kier molecular flexibility index (Phi) is 3.64. The van der Waals surface area contributed by atoms with E-state index in [4.69, 9.17) is 16.7 Å². The van der Waals surface area contributed by atoms with Gasteiger partial charge < -0.3 is 10.4 Å². The summed E-state index contributed by atoms with van der Waals surface area (Å²) in [6.45, 7) is 0.268. The zero-order valence-electron chi connectivity index (χ0n) is 9.12. The lowest BCUT2D eigenvalue weighted by molar-refractivity contribution is -0.140. The molecule has 17 heavy (non-hydrogen) atoms. The zero-order chi connectivity index (χ0) is 12.4. The number of hydrogen-bond acceptors (Lipinski definition) is 2. The maximum Gasteiger partial charge on any atom is 0.320 e. The molecule has 0 amide bonds. The molecule has 5 heteroatoms. The van der Waals surface area contributed by atoms with Gasteiger partial charge in [-0.2, -0.15) is 0 Å². The number of benzene rings is 1. The number of aliphatic carboxylic acids is 1. The van der Waals surface area contributed by atoms with Crippen molar-refractivity contribution in [3.8, 4) is 0 Å². The lowest BCUT2D eigenvalue weighted by Crippen LogP contribution is -2.38. The molecule has 1 fully saturated rings. The lowest BCUT2D eigenvalue weighted by atomic mass is 10.1. The summed E-state index contributed by atoms with van der Waals surface area (Å²) in [7, 11) is 0. The van der Waals surface area contributed by atoms with E-state index in [0.29, 0.717) is 10.6 Å². The highest BCUT2D eigenvalue weighted by molar-refractivity contribution is 6.31. The van der Waals surface area contributed by atoms with Gasteiger partial charge in [-0.1, -0.05) is 11.6 Å². The Morgan fingerprint density at radius 1 is 1.59 bits per heavy atom. The average Bonchev–Trinajstić information content (AvgIpc) is 3.07. The van der Waals surface area contributed by atoms with Crippen molar-refractivity contribution in [1.29, 1.82) is 0 Å². The van der Waals surface area contributed by atoms with Gasteiger partial charge in [0.15, 0.2) is 0 Å². The highest BCUT2D eigenvalue weighted by atomic mass is 35.5. The van der Waals surface area contributed by atoms with Crippen molar-refractivity contribution in [2.24, 2.45) is 5.92 Å². The SMILES string of the molecule is O=C(O)C(NCc1cc(F)ccc1Cl)C1CC1. The Balaban J connectivity index is 2.00. The first-order chi connectivity index (χ1) is 8.08. The van der Waals surface area contributed by atoms with Crippen LogP contribution in [0.1, 0.15) is 18.4 Å². The quantitative estimate of drug-likeness (QED) is 0.852. The van der Waals surface area contributed by atoms with Crippen LogP contribution in [0.5, 0.6) is 0 Å². The fourth-order valence-corrected chi connectivity index (χ4v) is 1.97. The van der Waals surface area contributed by atoms with E-state index < -0.39 is 12.0 Å². The van der Waals surface area contributed by atoms with Crippen molar-refractivity contribution in [2.45, 2.75) is 25.4 Å². The van der Waals surface area contributed by atoms with E-state index in [1.54, 1.807) is 0 Å². The summed E-state index contributed by atoms with van der Waals surface area (Å²) in [4.78, 5) is 11.0. The third-order valence-electron chi connectivity index (χ3n) is 2.88. The Morgan fingerprint density at radius 3 is 2.88 bits per heavy atom. The number of carboxylic acids is 1. The molecule has 92 valence electrons. The predicted octanol–water partition coefficient (Wildman–Crippen LogP) is 2.43. The normalized spacial score (nSPS) is 16.8. The van der Waals surface area contributed by atoms with Crippen molar-refractivity contribution in [3.05, 3.63) is 34.6 Å². The molecule has 1 unspecified atom stereocenters. The van der Waals surface area contributed by atoms with E-state index in [0.717, 1.165) is 12.8 Å². The van der Waals surface area contributed by atoms with Crippen LogP contribution >= 0.6 is 11.6 Å². The first-order valence-electron chi connectivity index (χ1n) is 5.48. The lowest BCUT2D eigenvalue weighted by Gasteiger charge is -2.14. The minimum atomic E-state index is -0.861. The molecule has 1 aliphatic rings. The van der Waals surface area contributed by atoms with Crippen molar-refractivity contribution in [2.75, 3.05) is 0 Å². The summed E-state index contributed by atoms with van der Waals surface area (Å²) in [6.07, 6.45) is 1.86. The van der Waals surface area contributed by atoms with Crippen LogP contribution in [0.2, 0.25) is 5.02 Å². The monoisotopic (exact) mass is 257 g/mol. The van der Waals surface area contributed by atoms with Crippen molar-refractivity contribution in [1.82, 2.24) is 5.32 Å². The Morgan fingerprint density at radius 2 is 2.29 bits per heavy atom. The van der Waals surface area contributed by atoms with Crippen LogP contribution in [0.25, 0.3) is 0 Å². The molecule has 2 rings (SSSR count). The van der Waals surface area contributed by atoms with Gasteiger partial charge in [-0.25, -0.2) is 4.39 Å². The van der Waals surface area contributed by atoms with E-state index in [1.807, 2.05) is 0 Å². The van der Waals surface area contributed by atoms with Gasteiger partial charge in [-0.3, -0.25) is 4.79 Å². The van der Waals surface area contributed by atoms with Gasteiger partial charge in [0.1, 0.15) is 11.9 Å². The van der Waals surface area contributed by atoms with Gasteiger partial charge >= 0.3 is 5.97 Å². The third kappa shape index (κ3) is 3.17. The van der Waals surface area contributed by atoms with E-state index in [2.05, 4.69) is 5.32 Å². The molecule has 1 aromatic rings. The van der Waals surface area contributed by atoms with Crippen LogP contribution in [0, 0.1) is 11.7 Å². The molecule has 1 saturated carbocycles. The fourth-order valence-electron chi connectivity index (χ4n) is 1.78. The second-order valence-corrected chi connectivity index (χ2v) is 4.68. The van der Waals surface area contributed by atoms with Crippen LogP contribution in [-0.4, -0.2) is 17.1 Å². The van der Waals surface area contributed by atoms with Crippen LogP contribution in [0.4, 0.5) is 4.39 Å². The Hall–Kier alpha value is -1.13. The molecule has 1 aromatic carbocycles. The molecule has 0 heterocycles. The first kappa shape index (κ1) is 12.3. The molecular formula is C12H13ClFNO2. The largest absolute Gasteiger partial charge is 0.480 e. The minimum absolute atomic E-state index is 0.194. The summed E-state index contributed by atoms with van der Waals surface area (Å²) in [5, 5.41) is 12.4. The number of nitrogens with one attached hydrogen (secondary N) is 1. The molecular weight excluding hydrogens is 245 g/mol. The smallest absolute Gasteiger partial charge is 0.320 e. The second kappa shape index (κ2) is 5.02. The maximum absolute atomic E-state index is 13.0. The fraction of sp³-hybridized carbons (Fsp3) is 0.417. The van der Waals surface area contributed by atoms with Crippen LogP contribution in [0.15, 0.2) is 18.2 Å². The Bertz CT molecular complexity index is 435. The van der Waals surface area contributed by atoms with Crippen molar-refractivity contribution >= 4 is 17.6 Å². The van der Waals surface area contributed by atoms with Crippen molar-refractivity contribution in [3.63, 3.8) is 0 Å². The highest BCUT2D eigenvalue weighted by Gasteiger charge is 2.35. The number of halogens is 2. The molecule has 0 aromatic heterocycles. The molecule has 0 bridgehead atoms. The van der Waals surface area contributed by atoms with Crippen LogP contribution in [-0.2, 0) is 11.3 Å². The van der Waals surface area contributed by atoms with E-state index >= 15 is 0 Å². The number of carbonyl (C=O) groups is 1. The van der Waals surface area contributed by atoms with Gasteiger partial charge in [0, 0.05) is 11.6 Å². The summed E-state index contributed by atoms with van der Waals surface area (Å²) in [6, 6.07) is 3.51. The summed E-state index contributed by atoms with van der Waals surface area (Å²) >= 11 is 5.90. The maximum atomic E-state index is 13.0. The second-order valence-electron chi connectivity index (χ2n) is 4.27. The molecule has 1 atom stereocenters. The third-order valence-corrected chi connectivity index (χ3v) is 3.25. The number of rotatable bonds is 5. The molecule has 0 saturated heterocycles. The van der Waals surface area contributed by atoms with Gasteiger partial charge in [-0.15, -0.1) is 0 Å². The van der Waals surface area contributed by atoms with Gasteiger partial charge in [-0.05, 0) is 42.5 Å². The first-order valence-corrected chi connectivity index (χ1v) is 5.86. The minimum Gasteiger partial charge on any atom is -0.480 e. The molecule has 0 aliphatic heterocycles. The van der Waals surface area contributed by atoms with Gasteiger partial charge in [0.2, 0.25) is 0 Å². The standard InChI is InChI=1S/C12H13ClFNO2/c13-10-4-3-9(14)5-8(10)6-15-11(12(16)17)7-1-2-7/h3-5,7,11,15H,1-2,6H2,(H,16,17). The zero-order valence-corrected chi connectivity index (χ0v) is 9.88. The van der Waals surface area contributed by atoms with Gasteiger partial charge in [0.05, 0.1) is 0 Å².